The molecule has 0 unspecified atom stereocenters. The molecule has 0 N–H and O–H groups in total. The van der Waals surface area contributed by atoms with Crippen molar-refractivity contribution in [2.24, 2.45) is 0 Å². The summed E-state index contributed by atoms with van der Waals surface area (Å²) >= 11 is 23.6. The predicted octanol–water partition coefficient (Wildman–Crippen LogP) is 5.24. The molecular formula is C16H9Cl4N3O2. The molecule has 1 aromatic heterocycles. The van der Waals surface area contributed by atoms with Crippen LogP contribution in [0, 0.1) is 0 Å². The largest absolute Gasteiger partial charge is 0.455 e. The van der Waals surface area contributed by atoms with E-state index in [0.717, 1.165) is 0 Å². The number of hydrogen-bond donors (Lipinski definition) is 0. The van der Waals surface area contributed by atoms with Gasteiger partial charge in [-0.15, -0.1) is 5.10 Å². The first-order chi connectivity index (χ1) is 11.9. The SMILES string of the molecule is O=C(OCc1cn(-c2ccc(Cl)c(Cl)c2)nn1)c1ccc(Cl)c(Cl)c1. The van der Waals surface area contributed by atoms with Gasteiger partial charge in [0.25, 0.3) is 0 Å². The smallest absolute Gasteiger partial charge is 0.338 e. The van der Waals surface area contributed by atoms with Crippen LogP contribution >= 0.6 is 46.4 Å². The minimum absolute atomic E-state index is 0.0413. The van der Waals surface area contributed by atoms with Crippen molar-refractivity contribution < 1.29 is 9.53 Å². The fourth-order valence-electron chi connectivity index (χ4n) is 1.96. The fraction of sp³-hybridized carbons (Fsp3) is 0.0625. The van der Waals surface area contributed by atoms with E-state index in [4.69, 9.17) is 51.1 Å². The average Bonchev–Trinajstić information content (AvgIpc) is 3.06. The number of ether oxygens (including phenoxy) is 1. The molecule has 0 fully saturated rings. The molecule has 0 spiro atoms. The molecule has 0 aliphatic carbocycles. The second-order valence-corrected chi connectivity index (χ2v) is 6.59. The van der Waals surface area contributed by atoms with Crippen molar-refractivity contribution in [2.75, 3.05) is 0 Å². The maximum Gasteiger partial charge on any atom is 0.338 e. The van der Waals surface area contributed by atoms with Gasteiger partial charge in [0, 0.05) is 0 Å². The van der Waals surface area contributed by atoms with Gasteiger partial charge >= 0.3 is 5.97 Å². The summed E-state index contributed by atoms with van der Waals surface area (Å²) < 4.78 is 6.70. The normalized spacial score (nSPS) is 10.7. The number of carbonyl (C=O) groups excluding carboxylic acids is 1. The van der Waals surface area contributed by atoms with Crippen LogP contribution in [-0.2, 0) is 11.3 Å². The van der Waals surface area contributed by atoms with E-state index in [-0.39, 0.29) is 11.6 Å². The van der Waals surface area contributed by atoms with Gasteiger partial charge in [-0.3, -0.25) is 0 Å². The molecule has 128 valence electrons. The second kappa shape index (κ2) is 7.62. The first-order valence-corrected chi connectivity index (χ1v) is 8.44. The van der Waals surface area contributed by atoms with E-state index in [0.29, 0.717) is 32.0 Å². The van der Waals surface area contributed by atoms with Crippen LogP contribution in [0.15, 0.2) is 42.6 Å². The molecular weight excluding hydrogens is 408 g/mol. The summed E-state index contributed by atoms with van der Waals surface area (Å²) in [6.07, 6.45) is 1.63. The van der Waals surface area contributed by atoms with Crippen LogP contribution in [0.5, 0.6) is 0 Å². The van der Waals surface area contributed by atoms with E-state index in [9.17, 15) is 4.79 Å². The highest BCUT2D eigenvalue weighted by Gasteiger charge is 2.12. The topological polar surface area (TPSA) is 57.0 Å². The van der Waals surface area contributed by atoms with Crippen molar-refractivity contribution >= 4 is 52.4 Å². The van der Waals surface area contributed by atoms with Gasteiger partial charge in [-0.25, -0.2) is 9.48 Å². The van der Waals surface area contributed by atoms with Gasteiger partial charge in [0.1, 0.15) is 12.3 Å². The van der Waals surface area contributed by atoms with Crippen LogP contribution in [-0.4, -0.2) is 21.0 Å². The highest BCUT2D eigenvalue weighted by Crippen LogP contribution is 2.24. The van der Waals surface area contributed by atoms with Crippen LogP contribution in [0.1, 0.15) is 16.1 Å². The molecule has 5 nitrogen and oxygen atoms in total. The Morgan fingerprint density at radius 1 is 0.960 bits per heavy atom. The molecule has 3 rings (SSSR count). The Kier molecular flexibility index (Phi) is 5.49. The predicted molar refractivity (Wildman–Crippen MR) is 97.0 cm³/mol. The summed E-state index contributed by atoms with van der Waals surface area (Å²) in [5.74, 6) is -0.539. The lowest BCUT2D eigenvalue weighted by molar-refractivity contribution is 0.0467. The molecule has 0 aliphatic rings. The summed E-state index contributed by atoms with van der Waals surface area (Å²) in [6, 6.07) is 9.56. The molecule has 2 aromatic carbocycles. The molecule has 0 atom stereocenters. The van der Waals surface area contributed by atoms with Crippen LogP contribution in [0.25, 0.3) is 5.69 Å². The van der Waals surface area contributed by atoms with Crippen molar-refractivity contribution in [3.63, 3.8) is 0 Å². The van der Waals surface area contributed by atoms with Crippen LogP contribution in [0.3, 0.4) is 0 Å². The summed E-state index contributed by atoms with van der Waals surface area (Å²) in [5, 5.41) is 9.42. The Hall–Kier alpha value is -1.79. The molecule has 0 aliphatic heterocycles. The lowest BCUT2D eigenvalue weighted by atomic mass is 10.2. The summed E-state index contributed by atoms with van der Waals surface area (Å²) in [6.45, 7) is -0.0413. The van der Waals surface area contributed by atoms with Crippen LogP contribution in [0.2, 0.25) is 20.1 Å². The monoisotopic (exact) mass is 415 g/mol. The molecule has 0 amide bonds. The van der Waals surface area contributed by atoms with Crippen molar-refractivity contribution in [3.05, 3.63) is 73.9 Å². The van der Waals surface area contributed by atoms with E-state index in [1.165, 1.54) is 22.9 Å². The van der Waals surface area contributed by atoms with E-state index in [1.54, 1.807) is 24.4 Å². The van der Waals surface area contributed by atoms with Crippen molar-refractivity contribution in [1.82, 2.24) is 15.0 Å². The minimum Gasteiger partial charge on any atom is -0.455 e. The fourth-order valence-corrected chi connectivity index (χ4v) is 2.55. The third-order valence-electron chi connectivity index (χ3n) is 3.22. The Balaban J connectivity index is 1.68. The van der Waals surface area contributed by atoms with Gasteiger partial charge < -0.3 is 4.74 Å². The number of esters is 1. The quantitative estimate of drug-likeness (QED) is 0.545. The minimum atomic E-state index is -0.539. The number of rotatable bonds is 4. The molecule has 0 radical (unpaired) electrons. The van der Waals surface area contributed by atoms with Gasteiger partial charge in [-0.05, 0) is 36.4 Å². The summed E-state index contributed by atoms with van der Waals surface area (Å²) in [5.41, 5.74) is 1.45. The third kappa shape index (κ3) is 4.25. The van der Waals surface area contributed by atoms with Gasteiger partial charge in [-0.1, -0.05) is 51.6 Å². The van der Waals surface area contributed by atoms with E-state index < -0.39 is 5.97 Å². The summed E-state index contributed by atoms with van der Waals surface area (Å²) in [7, 11) is 0. The number of halogens is 4. The van der Waals surface area contributed by atoms with E-state index >= 15 is 0 Å². The van der Waals surface area contributed by atoms with Crippen molar-refractivity contribution in [2.45, 2.75) is 6.61 Å². The number of hydrogen-bond acceptors (Lipinski definition) is 4. The van der Waals surface area contributed by atoms with Crippen molar-refractivity contribution in [3.8, 4) is 5.69 Å². The lowest BCUT2D eigenvalue weighted by Gasteiger charge is -2.04. The first kappa shape index (κ1) is 18.0. The number of benzene rings is 2. The zero-order valence-corrected chi connectivity index (χ0v) is 15.4. The van der Waals surface area contributed by atoms with Gasteiger partial charge in [0.15, 0.2) is 0 Å². The van der Waals surface area contributed by atoms with E-state index in [1.807, 2.05) is 0 Å². The average molecular weight is 417 g/mol. The molecule has 3 aromatic rings. The Bertz CT molecular complexity index is 943. The molecule has 1 heterocycles. The van der Waals surface area contributed by atoms with E-state index in [2.05, 4.69) is 10.3 Å². The van der Waals surface area contributed by atoms with Crippen molar-refractivity contribution in [1.29, 1.82) is 0 Å². The maximum absolute atomic E-state index is 12.0. The summed E-state index contributed by atoms with van der Waals surface area (Å²) in [4.78, 5) is 12.0. The van der Waals surface area contributed by atoms with Crippen LogP contribution in [0.4, 0.5) is 0 Å². The lowest BCUT2D eigenvalue weighted by Crippen LogP contribution is -2.05. The third-order valence-corrected chi connectivity index (χ3v) is 4.69. The van der Waals surface area contributed by atoms with Gasteiger partial charge in [0.05, 0.1) is 37.5 Å². The zero-order chi connectivity index (χ0) is 18.0. The zero-order valence-electron chi connectivity index (χ0n) is 12.4. The Labute approximate surface area is 163 Å². The first-order valence-electron chi connectivity index (χ1n) is 6.93. The highest BCUT2D eigenvalue weighted by molar-refractivity contribution is 6.42. The molecule has 9 heteroatoms. The molecule has 0 bridgehead atoms. The number of aromatic nitrogens is 3. The standard InChI is InChI=1S/C16H9Cl4N3O2/c17-12-3-1-9(5-14(12)19)16(24)25-8-10-7-23(22-21-10)11-2-4-13(18)15(20)6-11/h1-7H,8H2. The van der Waals surface area contributed by atoms with Crippen LogP contribution < -0.4 is 0 Å². The molecule has 0 saturated heterocycles. The highest BCUT2D eigenvalue weighted by atomic mass is 35.5. The number of carbonyl (C=O) groups is 1. The van der Waals surface area contributed by atoms with Gasteiger partial charge in [-0.2, -0.15) is 0 Å². The second-order valence-electron chi connectivity index (χ2n) is 4.96. The number of nitrogens with zero attached hydrogens (tertiary/aromatic N) is 3. The molecule has 25 heavy (non-hydrogen) atoms. The van der Waals surface area contributed by atoms with Gasteiger partial charge in [0.2, 0.25) is 0 Å². The maximum atomic E-state index is 12.0. The Morgan fingerprint density at radius 2 is 1.64 bits per heavy atom. The Morgan fingerprint density at radius 3 is 2.32 bits per heavy atom. The molecule has 0 saturated carbocycles.